The standard InChI is InChI=1S/C17H20ClN/c1-3-17(19-4-2)15-7-5-13(6-8-15)14-9-11-16(18)12-10-14/h5-12,17,19H,3-4H2,1-2H3. The Kier molecular flexibility index (Phi) is 5.00. The van der Waals surface area contributed by atoms with Crippen LogP contribution in [-0.2, 0) is 0 Å². The quantitative estimate of drug-likeness (QED) is 0.802. The van der Waals surface area contributed by atoms with Gasteiger partial charge in [0.1, 0.15) is 0 Å². The maximum absolute atomic E-state index is 5.91. The monoisotopic (exact) mass is 273 g/mol. The van der Waals surface area contributed by atoms with Crippen LogP contribution in [0.2, 0.25) is 5.02 Å². The summed E-state index contributed by atoms with van der Waals surface area (Å²) < 4.78 is 0. The fourth-order valence-electron chi connectivity index (χ4n) is 2.29. The van der Waals surface area contributed by atoms with Gasteiger partial charge in [-0.1, -0.05) is 61.8 Å². The molecule has 0 spiro atoms. The third kappa shape index (κ3) is 3.59. The van der Waals surface area contributed by atoms with Gasteiger partial charge in [0.25, 0.3) is 0 Å². The van der Waals surface area contributed by atoms with Crippen molar-refractivity contribution in [2.45, 2.75) is 26.3 Å². The molecule has 2 aromatic rings. The van der Waals surface area contributed by atoms with Crippen LogP contribution in [0.25, 0.3) is 11.1 Å². The molecule has 0 fully saturated rings. The van der Waals surface area contributed by atoms with Crippen molar-refractivity contribution in [1.82, 2.24) is 5.32 Å². The van der Waals surface area contributed by atoms with Crippen molar-refractivity contribution < 1.29 is 0 Å². The molecule has 0 saturated heterocycles. The third-order valence-corrected chi connectivity index (χ3v) is 3.60. The van der Waals surface area contributed by atoms with Crippen LogP contribution in [0.1, 0.15) is 31.9 Å². The average Bonchev–Trinajstić information content (AvgIpc) is 2.46. The molecule has 2 heteroatoms. The lowest BCUT2D eigenvalue weighted by Gasteiger charge is -2.16. The van der Waals surface area contributed by atoms with Crippen molar-refractivity contribution >= 4 is 11.6 Å². The highest BCUT2D eigenvalue weighted by molar-refractivity contribution is 6.30. The molecular formula is C17H20ClN. The summed E-state index contributed by atoms with van der Waals surface area (Å²) in [6.07, 6.45) is 1.11. The highest BCUT2D eigenvalue weighted by Crippen LogP contribution is 2.24. The van der Waals surface area contributed by atoms with E-state index in [9.17, 15) is 0 Å². The minimum absolute atomic E-state index is 0.448. The van der Waals surface area contributed by atoms with E-state index in [2.05, 4.69) is 55.6 Å². The molecule has 0 saturated carbocycles. The predicted octanol–water partition coefficient (Wildman–Crippen LogP) is 5.07. The lowest BCUT2D eigenvalue weighted by molar-refractivity contribution is 0.537. The van der Waals surface area contributed by atoms with Crippen molar-refractivity contribution in [3.63, 3.8) is 0 Å². The lowest BCUT2D eigenvalue weighted by atomic mass is 9.99. The second-order valence-electron chi connectivity index (χ2n) is 4.65. The van der Waals surface area contributed by atoms with Gasteiger partial charge in [0.15, 0.2) is 0 Å². The molecule has 0 aliphatic heterocycles. The summed E-state index contributed by atoms with van der Waals surface area (Å²) in [7, 11) is 0. The largest absolute Gasteiger partial charge is 0.310 e. The predicted molar refractivity (Wildman–Crippen MR) is 83.6 cm³/mol. The van der Waals surface area contributed by atoms with Gasteiger partial charge < -0.3 is 5.32 Å². The Morgan fingerprint density at radius 2 is 1.42 bits per heavy atom. The van der Waals surface area contributed by atoms with Gasteiger partial charge in [-0.05, 0) is 41.8 Å². The van der Waals surface area contributed by atoms with Gasteiger partial charge in [-0.15, -0.1) is 0 Å². The number of hydrogen-bond acceptors (Lipinski definition) is 1. The Morgan fingerprint density at radius 3 is 1.89 bits per heavy atom. The van der Waals surface area contributed by atoms with E-state index in [0.29, 0.717) is 6.04 Å². The Balaban J connectivity index is 2.20. The average molecular weight is 274 g/mol. The first-order chi connectivity index (χ1) is 9.24. The zero-order chi connectivity index (χ0) is 13.7. The zero-order valence-corrected chi connectivity index (χ0v) is 12.2. The van der Waals surface area contributed by atoms with Gasteiger partial charge in [0, 0.05) is 11.1 Å². The van der Waals surface area contributed by atoms with Crippen LogP contribution in [0, 0.1) is 0 Å². The van der Waals surface area contributed by atoms with Crippen molar-refractivity contribution in [2.75, 3.05) is 6.54 Å². The van der Waals surface area contributed by atoms with Gasteiger partial charge >= 0.3 is 0 Å². The minimum atomic E-state index is 0.448. The van der Waals surface area contributed by atoms with E-state index < -0.39 is 0 Å². The number of halogens is 1. The molecule has 1 nitrogen and oxygen atoms in total. The maximum atomic E-state index is 5.91. The maximum Gasteiger partial charge on any atom is 0.0406 e. The van der Waals surface area contributed by atoms with Gasteiger partial charge in [0.2, 0.25) is 0 Å². The summed E-state index contributed by atoms with van der Waals surface area (Å²) in [5.41, 5.74) is 3.78. The summed E-state index contributed by atoms with van der Waals surface area (Å²) >= 11 is 5.91. The molecule has 2 rings (SSSR count). The highest BCUT2D eigenvalue weighted by Gasteiger charge is 2.07. The van der Waals surface area contributed by atoms with Gasteiger partial charge in [-0.3, -0.25) is 0 Å². The Hall–Kier alpha value is -1.31. The number of nitrogens with one attached hydrogen (secondary N) is 1. The lowest BCUT2D eigenvalue weighted by Crippen LogP contribution is -2.19. The first kappa shape index (κ1) is 14.1. The molecular weight excluding hydrogens is 254 g/mol. The van der Waals surface area contributed by atoms with E-state index in [1.807, 2.05) is 12.1 Å². The number of benzene rings is 2. The van der Waals surface area contributed by atoms with E-state index in [-0.39, 0.29) is 0 Å². The van der Waals surface area contributed by atoms with Crippen molar-refractivity contribution in [3.05, 3.63) is 59.1 Å². The second-order valence-corrected chi connectivity index (χ2v) is 5.08. The van der Waals surface area contributed by atoms with E-state index in [0.717, 1.165) is 18.0 Å². The summed E-state index contributed by atoms with van der Waals surface area (Å²) in [4.78, 5) is 0. The molecule has 0 aromatic heterocycles. The Labute approximate surface area is 120 Å². The molecule has 1 unspecified atom stereocenters. The van der Waals surface area contributed by atoms with Gasteiger partial charge in [-0.2, -0.15) is 0 Å². The van der Waals surface area contributed by atoms with Crippen LogP contribution < -0.4 is 5.32 Å². The van der Waals surface area contributed by atoms with Gasteiger partial charge in [-0.25, -0.2) is 0 Å². The van der Waals surface area contributed by atoms with E-state index in [1.54, 1.807) is 0 Å². The van der Waals surface area contributed by atoms with Crippen LogP contribution >= 0.6 is 11.6 Å². The summed E-state index contributed by atoms with van der Waals surface area (Å²) in [6.45, 7) is 5.35. The van der Waals surface area contributed by atoms with Crippen LogP contribution in [0.4, 0.5) is 0 Å². The summed E-state index contributed by atoms with van der Waals surface area (Å²) in [5, 5.41) is 4.27. The van der Waals surface area contributed by atoms with Crippen molar-refractivity contribution in [2.24, 2.45) is 0 Å². The van der Waals surface area contributed by atoms with Crippen LogP contribution in [0.3, 0.4) is 0 Å². The first-order valence-corrected chi connectivity index (χ1v) is 7.21. The summed E-state index contributed by atoms with van der Waals surface area (Å²) in [6, 6.07) is 17.2. The molecule has 100 valence electrons. The second kappa shape index (κ2) is 6.74. The number of hydrogen-bond donors (Lipinski definition) is 1. The smallest absolute Gasteiger partial charge is 0.0406 e. The third-order valence-electron chi connectivity index (χ3n) is 3.35. The first-order valence-electron chi connectivity index (χ1n) is 6.84. The molecule has 0 heterocycles. The molecule has 0 aliphatic rings. The van der Waals surface area contributed by atoms with Crippen LogP contribution in [0.15, 0.2) is 48.5 Å². The molecule has 0 bridgehead atoms. The van der Waals surface area contributed by atoms with E-state index in [4.69, 9.17) is 11.6 Å². The van der Waals surface area contributed by atoms with E-state index >= 15 is 0 Å². The Bertz CT molecular complexity index is 502. The molecule has 2 aromatic carbocycles. The molecule has 19 heavy (non-hydrogen) atoms. The van der Waals surface area contributed by atoms with Crippen molar-refractivity contribution in [1.29, 1.82) is 0 Å². The SMILES string of the molecule is CCNC(CC)c1ccc(-c2ccc(Cl)cc2)cc1. The van der Waals surface area contributed by atoms with Gasteiger partial charge in [0.05, 0.1) is 0 Å². The topological polar surface area (TPSA) is 12.0 Å². The minimum Gasteiger partial charge on any atom is -0.310 e. The van der Waals surface area contributed by atoms with E-state index in [1.165, 1.54) is 16.7 Å². The molecule has 1 N–H and O–H groups in total. The fourth-order valence-corrected chi connectivity index (χ4v) is 2.42. The van der Waals surface area contributed by atoms with Crippen molar-refractivity contribution in [3.8, 4) is 11.1 Å². The van der Waals surface area contributed by atoms with Crippen LogP contribution in [-0.4, -0.2) is 6.54 Å². The van der Waals surface area contributed by atoms with Crippen LogP contribution in [0.5, 0.6) is 0 Å². The highest BCUT2D eigenvalue weighted by atomic mass is 35.5. The molecule has 0 aliphatic carbocycles. The number of rotatable bonds is 5. The Morgan fingerprint density at radius 1 is 0.895 bits per heavy atom. The fraction of sp³-hybridized carbons (Fsp3) is 0.294. The molecule has 1 atom stereocenters. The molecule has 0 radical (unpaired) electrons. The normalized spacial score (nSPS) is 12.4. The zero-order valence-electron chi connectivity index (χ0n) is 11.5. The summed E-state index contributed by atoms with van der Waals surface area (Å²) in [5.74, 6) is 0. The molecule has 0 amide bonds.